The van der Waals surface area contributed by atoms with Crippen molar-refractivity contribution in [3.8, 4) is 0 Å². The lowest BCUT2D eigenvalue weighted by molar-refractivity contribution is -0.113. The van der Waals surface area contributed by atoms with Crippen LogP contribution in [0.1, 0.15) is 30.6 Å². The molecule has 1 aromatic carbocycles. The first-order valence-electron chi connectivity index (χ1n) is 9.44. The first kappa shape index (κ1) is 21.6. The first-order valence-corrected chi connectivity index (χ1v) is 10.4. The summed E-state index contributed by atoms with van der Waals surface area (Å²) in [5.74, 6) is -0.207. The average Bonchev–Trinajstić information content (AvgIpc) is 3.08. The number of anilines is 1. The van der Waals surface area contributed by atoms with Crippen LogP contribution >= 0.6 is 11.8 Å². The van der Waals surface area contributed by atoms with E-state index in [0.717, 1.165) is 11.0 Å². The molecular weight excluding hydrogens is 406 g/mol. The fourth-order valence-electron chi connectivity index (χ4n) is 3.08. The Balaban J connectivity index is 1.84. The Labute approximate surface area is 176 Å². The number of thioether (sulfide) groups is 1. The van der Waals surface area contributed by atoms with Gasteiger partial charge < -0.3 is 9.88 Å². The minimum absolute atomic E-state index is 0.0428. The SMILES string of the molecule is CCCn1c(SCC(=O)Nc2ccc(C(C)=O)cc2)nc2c1c(=O)n(C)c(=O)n2C. The molecule has 0 saturated heterocycles. The third-order valence-electron chi connectivity index (χ3n) is 4.67. The van der Waals surface area contributed by atoms with Crippen LogP contribution in [0.3, 0.4) is 0 Å². The third-order valence-corrected chi connectivity index (χ3v) is 5.64. The van der Waals surface area contributed by atoms with E-state index in [2.05, 4.69) is 10.3 Å². The second kappa shape index (κ2) is 8.70. The third kappa shape index (κ3) is 4.09. The summed E-state index contributed by atoms with van der Waals surface area (Å²) in [6, 6.07) is 6.65. The molecule has 0 saturated carbocycles. The molecule has 30 heavy (non-hydrogen) atoms. The van der Waals surface area contributed by atoms with Crippen LogP contribution < -0.4 is 16.6 Å². The van der Waals surface area contributed by atoms with Crippen LogP contribution in [0.4, 0.5) is 5.69 Å². The van der Waals surface area contributed by atoms with Crippen molar-refractivity contribution in [1.82, 2.24) is 18.7 Å². The van der Waals surface area contributed by atoms with Gasteiger partial charge in [-0.2, -0.15) is 0 Å². The molecule has 158 valence electrons. The van der Waals surface area contributed by atoms with E-state index in [1.54, 1.807) is 35.9 Å². The maximum Gasteiger partial charge on any atom is 0.332 e. The lowest BCUT2D eigenvalue weighted by Crippen LogP contribution is -2.37. The van der Waals surface area contributed by atoms with Gasteiger partial charge in [-0.15, -0.1) is 0 Å². The van der Waals surface area contributed by atoms with E-state index >= 15 is 0 Å². The Bertz CT molecular complexity index is 1240. The smallest absolute Gasteiger partial charge is 0.325 e. The number of Topliss-reactive ketones (excluding diaryl/α,β-unsaturated/α-hetero) is 1. The fourth-order valence-corrected chi connectivity index (χ4v) is 3.90. The Kier molecular flexibility index (Phi) is 6.25. The Morgan fingerprint density at radius 2 is 1.77 bits per heavy atom. The number of aromatic nitrogens is 4. The van der Waals surface area contributed by atoms with Gasteiger partial charge >= 0.3 is 5.69 Å². The van der Waals surface area contributed by atoms with Crippen LogP contribution in [0, 0.1) is 0 Å². The van der Waals surface area contributed by atoms with E-state index in [4.69, 9.17) is 0 Å². The van der Waals surface area contributed by atoms with Gasteiger partial charge in [-0.25, -0.2) is 9.78 Å². The summed E-state index contributed by atoms with van der Waals surface area (Å²) in [5, 5.41) is 3.28. The predicted molar refractivity (Wildman–Crippen MR) is 116 cm³/mol. The number of imidazole rings is 1. The van der Waals surface area contributed by atoms with Crippen molar-refractivity contribution in [2.75, 3.05) is 11.1 Å². The zero-order chi connectivity index (χ0) is 22.0. The number of nitrogens with one attached hydrogen (secondary N) is 1. The molecule has 1 amide bonds. The summed E-state index contributed by atoms with van der Waals surface area (Å²) in [6.07, 6.45) is 0.764. The highest BCUT2D eigenvalue weighted by Gasteiger charge is 2.19. The number of fused-ring (bicyclic) bond motifs is 1. The number of ketones is 1. The van der Waals surface area contributed by atoms with Gasteiger partial charge in [0.1, 0.15) is 0 Å². The minimum atomic E-state index is -0.447. The van der Waals surface area contributed by atoms with Crippen LogP contribution in [0.2, 0.25) is 0 Å². The molecule has 0 aliphatic carbocycles. The number of hydrogen-bond donors (Lipinski definition) is 1. The van der Waals surface area contributed by atoms with Crippen molar-refractivity contribution in [2.45, 2.75) is 32.0 Å². The predicted octanol–water partition coefficient (Wildman–Crippen LogP) is 1.78. The summed E-state index contributed by atoms with van der Waals surface area (Å²) in [6.45, 7) is 4.00. The van der Waals surface area contributed by atoms with Crippen LogP contribution in [0.5, 0.6) is 0 Å². The zero-order valence-electron chi connectivity index (χ0n) is 17.3. The first-order chi connectivity index (χ1) is 14.2. The van der Waals surface area contributed by atoms with Gasteiger partial charge in [0, 0.05) is 31.9 Å². The molecule has 1 N–H and O–H groups in total. The number of benzene rings is 1. The second-order valence-corrected chi connectivity index (χ2v) is 7.84. The quantitative estimate of drug-likeness (QED) is 0.453. The molecule has 0 bridgehead atoms. The highest BCUT2D eigenvalue weighted by molar-refractivity contribution is 7.99. The molecule has 0 atom stereocenters. The molecule has 10 heteroatoms. The van der Waals surface area contributed by atoms with Gasteiger partial charge in [-0.1, -0.05) is 18.7 Å². The molecule has 0 fully saturated rings. The van der Waals surface area contributed by atoms with Gasteiger partial charge in [0.2, 0.25) is 5.91 Å². The summed E-state index contributed by atoms with van der Waals surface area (Å²) < 4.78 is 4.16. The Morgan fingerprint density at radius 1 is 1.10 bits per heavy atom. The summed E-state index contributed by atoms with van der Waals surface area (Å²) >= 11 is 1.20. The average molecular weight is 430 g/mol. The van der Waals surface area contributed by atoms with Crippen LogP contribution in [-0.4, -0.2) is 36.1 Å². The van der Waals surface area contributed by atoms with E-state index in [-0.39, 0.29) is 17.4 Å². The van der Waals surface area contributed by atoms with Gasteiger partial charge in [-0.3, -0.25) is 23.5 Å². The minimum Gasteiger partial charge on any atom is -0.325 e. The van der Waals surface area contributed by atoms with Crippen molar-refractivity contribution in [2.24, 2.45) is 14.1 Å². The largest absolute Gasteiger partial charge is 0.332 e. The molecular formula is C20H23N5O4S. The van der Waals surface area contributed by atoms with E-state index in [0.29, 0.717) is 34.1 Å². The van der Waals surface area contributed by atoms with Gasteiger partial charge in [0.15, 0.2) is 22.1 Å². The molecule has 0 aliphatic heterocycles. The van der Waals surface area contributed by atoms with Crippen molar-refractivity contribution >= 4 is 40.3 Å². The summed E-state index contributed by atoms with van der Waals surface area (Å²) in [4.78, 5) is 53.0. The van der Waals surface area contributed by atoms with E-state index in [1.807, 2.05) is 6.92 Å². The van der Waals surface area contributed by atoms with E-state index < -0.39 is 11.2 Å². The highest BCUT2D eigenvalue weighted by Crippen LogP contribution is 2.22. The molecule has 3 rings (SSSR count). The van der Waals surface area contributed by atoms with Gasteiger partial charge in [-0.05, 0) is 37.6 Å². The van der Waals surface area contributed by atoms with Crippen LogP contribution in [-0.2, 0) is 25.4 Å². The molecule has 0 aliphatic rings. The number of carbonyl (C=O) groups excluding carboxylic acids is 2. The van der Waals surface area contributed by atoms with Crippen LogP contribution in [0.25, 0.3) is 11.2 Å². The monoisotopic (exact) mass is 429 g/mol. The summed E-state index contributed by atoms with van der Waals surface area (Å²) in [5.41, 5.74) is 0.961. The number of amides is 1. The number of carbonyl (C=O) groups is 2. The molecule has 3 aromatic rings. The summed E-state index contributed by atoms with van der Waals surface area (Å²) in [7, 11) is 3.00. The van der Waals surface area contributed by atoms with E-state index in [9.17, 15) is 19.2 Å². The molecule has 0 spiro atoms. The van der Waals surface area contributed by atoms with Crippen molar-refractivity contribution in [1.29, 1.82) is 0 Å². The standard InChI is InChI=1S/C20H23N5O4S/c1-5-10-25-16-17(23(3)20(29)24(4)18(16)28)22-19(25)30-11-15(27)21-14-8-6-13(7-9-14)12(2)26/h6-9H,5,10-11H2,1-4H3,(H,21,27). The zero-order valence-corrected chi connectivity index (χ0v) is 18.1. The van der Waals surface area contributed by atoms with Crippen molar-refractivity contribution in [3.05, 3.63) is 50.7 Å². The van der Waals surface area contributed by atoms with E-state index in [1.165, 1.54) is 30.3 Å². The number of hydrogen-bond acceptors (Lipinski definition) is 6. The maximum atomic E-state index is 12.6. The highest BCUT2D eigenvalue weighted by atomic mass is 32.2. The Hall–Kier alpha value is -3.14. The number of rotatable bonds is 7. The normalized spacial score (nSPS) is 11.1. The second-order valence-electron chi connectivity index (χ2n) is 6.89. The topological polar surface area (TPSA) is 108 Å². The Morgan fingerprint density at radius 3 is 2.37 bits per heavy atom. The van der Waals surface area contributed by atoms with Crippen molar-refractivity contribution < 1.29 is 9.59 Å². The van der Waals surface area contributed by atoms with Gasteiger partial charge in [0.05, 0.1) is 5.75 Å². The number of nitrogens with zero attached hydrogens (tertiary/aromatic N) is 4. The molecule has 2 heterocycles. The van der Waals surface area contributed by atoms with Gasteiger partial charge in [0.25, 0.3) is 5.56 Å². The number of aryl methyl sites for hydroxylation is 2. The lowest BCUT2D eigenvalue weighted by atomic mass is 10.1. The molecule has 9 nitrogen and oxygen atoms in total. The molecule has 0 unspecified atom stereocenters. The molecule has 0 radical (unpaired) electrons. The maximum absolute atomic E-state index is 12.6. The van der Waals surface area contributed by atoms with Crippen LogP contribution in [0.15, 0.2) is 39.0 Å². The fraction of sp³-hybridized carbons (Fsp3) is 0.350. The molecule has 2 aromatic heterocycles. The lowest BCUT2D eigenvalue weighted by Gasteiger charge is -2.08. The van der Waals surface area contributed by atoms with Crippen molar-refractivity contribution in [3.63, 3.8) is 0 Å².